The molecule has 0 unspecified atom stereocenters. The average Bonchev–Trinajstić information content (AvgIpc) is 2.76. The maximum Gasteiger partial charge on any atom is 0.256 e. The summed E-state index contributed by atoms with van der Waals surface area (Å²) in [4.78, 5) is 27.1. The van der Waals surface area contributed by atoms with Gasteiger partial charge in [0.25, 0.3) is 5.91 Å². The van der Waals surface area contributed by atoms with Crippen molar-refractivity contribution < 1.29 is 22.7 Å². The van der Waals surface area contributed by atoms with E-state index < -0.39 is 10.0 Å². The number of carbonyl (C=O) groups excluding carboxylic acids is 2. The minimum Gasteiger partial charge on any atom is -0.378 e. The normalized spacial score (nSPS) is 14.1. The lowest BCUT2D eigenvalue weighted by atomic mass is 10.1. The van der Waals surface area contributed by atoms with E-state index in [0.29, 0.717) is 49.7 Å². The molecule has 2 aromatic carbocycles. The third-order valence-corrected chi connectivity index (χ3v) is 6.38. The number of hydrogen-bond donors (Lipinski definition) is 1. The lowest BCUT2D eigenvalue weighted by Gasteiger charge is -2.27. The number of aryl methyl sites for hydroxylation is 1. The molecule has 0 aliphatic carbocycles. The molecular weight excluding hydrogens is 430 g/mol. The Kier molecular flexibility index (Phi) is 7.87. The summed E-state index contributed by atoms with van der Waals surface area (Å²) in [5.74, 6) is -0.420. The van der Waals surface area contributed by atoms with Gasteiger partial charge in [0.15, 0.2) is 0 Å². The molecule has 0 aromatic heterocycles. The molecule has 2 aromatic rings. The topological polar surface area (TPSA) is 96.0 Å². The number of rotatable bonds is 8. The van der Waals surface area contributed by atoms with E-state index in [2.05, 4.69) is 5.32 Å². The molecule has 1 aliphatic rings. The number of nitrogens with zero attached hydrogens (tertiary/aromatic N) is 2. The number of hydrogen-bond acceptors (Lipinski definition) is 5. The number of ether oxygens (including phenoxy) is 1. The largest absolute Gasteiger partial charge is 0.378 e. The molecular formula is C23H29N3O5S. The number of amides is 2. The van der Waals surface area contributed by atoms with Crippen LogP contribution in [0.15, 0.2) is 48.5 Å². The van der Waals surface area contributed by atoms with Crippen LogP contribution in [0.4, 0.5) is 11.4 Å². The van der Waals surface area contributed by atoms with Gasteiger partial charge in [-0.2, -0.15) is 0 Å². The molecule has 1 heterocycles. The van der Waals surface area contributed by atoms with Gasteiger partial charge < -0.3 is 15.0 Å². The van der Waals surface area contributed by atoms with Crippen LogP contribution in [0.2, 0.25) is 0 Å². The van der Waals surface area contributed by atoms with Crippen LogP contribution >= 0.6 is 0 Å². The van der Waals surface area contributed by atoms with Crippen LogP contribution in [0.3, 0.4) is 0 Å². The number of para-hydroxylation sites is 1. The molecule has 0 radical (unpaired) electrons. The Morgan fingerprint density at radius 2 is 1.81 bits per heavy atom. The van der Waals surface area contributed by atoms with Gasteiger partial charge in [0.2, 0.25) is 15.9 Å². The molecule has 1 saturated heterocycles. The number of sulfonamides is 1. The van der Waals surface area contributed by atoms with Gasteiger partial charge in [-0.25, -0.2) is 8.42 Å². The quantitative estimate of drug-likeness (QED) is 0.655. The lowest BCUT2D eigenvalue weighted by molar-refractivity contribution is -0.116. The van der Waals surface area contributed by atoms with Crippen LogP contribution < -0.4 is 9.62 Å². The molecule has 0 bridgehead atoms. The summed E-state index contributed by atoms with van der Waals surface area (Å²) >= 11 is 0. The molecule has 1 N–H and O–H groups in total. The SMILES string of the molecule is Cc1cccc(N(CCCC(=O)Nc2ccccc2C(=O)N2CCOCC2)S(C)(=O)=O)c1. The minimum absolute atomic E-state index is 0.123. The molecule has 8 nitrogen and oxygen atoms in total. The van der Waals surface area contributed by atoms with E-state index in [9.17, 15) is 18.0 Å². The van der Waals surface area contributed by atoms with Gasteiger partial charge in [-0.05, 0) is 43.2 Å². The average molecular weight is 460 g/mol. The Labute approximate surface area is 189 Å². The number of benzene rings is 2. The van der Waals surface area contributed by atoms with Crippen molar-refractivity contribution in [3.05, 3.63) is 59.7 Å². The number of morpholine rings is 1. The van der Waals surface area contributed by atoms with E-state index in [1.807, 2.05) is 13.0 Å². The van der Waals surface area contributed by atoms with Crippen molar-refractivity contribution in [2.24, 2.45) is 0 Å². The van der Waals surface area contributed by atoms with Crippen molar-refractivity contribution in [2.45, 2.75) is 19.8 Å². The van der Waals surface area contributed by atoms with Crippen LogP contribution in [0.25, 0.3) is 0 Å². The highest BCUT2D eigenvalue weighted by molar-refractivity contribution is 7.92. The summed E-state index contributed by atoms with van der Waals surface area (Å²) in [6.07, 6.45) is 1.62. The van der Waals surface area contributed by atoms with Crippen molar-refractivity contribution >= 4 is 33.2 Å². The zero-order chi connectivity index (χ0) is 23.1. The molecule has 0 saturated carbocycles. The maximum atomic E-state index is 12.8. The van der Waals surface area contributed by atoms with Crippen molar-refractivity contribution in [3.8, 4) is 0 Å². The van der Waals surface area contributed by atoms with E-state index in [0.717, 1.165) is 11.8 Å². The summed E-state index contributed by atoms with van der Waals surface area (Å²) in [5.41, 5.74) is 2.41. The van der Waals surface area contributed by atoms with Gasteiger partial charge >= 0.3 is 0 Å². The first-order chi connectivity index (χ1) is 15.3. The van der Waals surface area contributed by atoms with Gasteiger partial charge in [-0.1, -0.05) is 24.3 Å². The summed E-state index contributed by atoms with van der Waals surface area (Å²) in [6, 6.07) is 14.1. The first-order valence-electron chi connectivity index (χ1n) is 10.6. The Bertz CT molecular complexity index is 1060. The highest BCUT2D eigenvalue weighted by atomic mass is 32.2. The third kappa shape index (κ3) is 6.30. The molecule has 1 fully saturated rings. The zero-order valence-electron chi connectivity index (χ0n) is 18.4. The van der Waals surface area contributed by atoms with Crippen molar-refractivity contribution in [2.75, 3.05) is 48.7 Å². The minimum atomic E-state index is -3.48. The number of nitrogens with one attached hydrogen (secondary N) is 1. The molecule has 32 heavy (non-hydrogen) atoms. The molecule has 9 heteroatoms. The van der Waals surface area contributed by atoms with Crippen LogP contribution in [0, 0.1) is 6.92 Å². The van der Waals surface area contributed by atoms with Gasteiger partial charge in [0.05, 0.1) is 36.4 Å². The van der Waals surface area contributed by atoms with E-state index in [1.165, 1.54) is 4.31 Å². The third-order valence-electron chi connectivity index (χ3n) is 5.18. The van der Waals surface area contributed by atoms with Crippen LogP contribution in [0.1, 0.15) is 28.8 Å². The Morgan fingerprint density at radius 1 is 1.09 bits per heavy atom. The molecule has 0 spiro atoms. The monoisotopic (exact) mass is 459 g/mol. The summed E-state index contributed by atoms with van der Waals surface area (Å²) in [5, 5.41) is 2.81. The lowest BCUT2D eigenvalue weighted by Crippen LogP contribution is -2.41. The Morgan fingerprint density at radius 3 is 2.50 bits per heavy atom. The fourth-order valence-electron chi connectivity index (χ4n) is 3.58. The molecule has 1 aliphatic heterocycles. The fraction of sp³-hybridized carbons (Fsp3) is 0.391. The first kappa shape index (κ1) is 23.7. The smallest absolute Gasteiger partial charge is 0.256 e. The van der Waals surface area contributed by atoms with E-state index in [1.54, 1.807) is 47.4 Å². The van der Waals surface area contributed by atoms with E-state index in [-0.39, 0.29) is 24.8 Å². The first-order valence-corrected chi connectivity index (χ1v) is 12.4. The van der Waals surface area contributed by atoms with Gasteiger partial charge in [-0.15, -0.1) is 0 Å². The van der Waals surface area contributed by atoms with Crippen LogP contribution in [-0.4, -0.2) is 64.2 Å². The predicted octanol–water partition coefficient (Wildman–Crippen LogP) is 2.65. The second kappa shape index (κ2) is 10.6. The van der Waals surface area contributed by atoms with E-state index >= 15 is 0 Å². The van der Waals surface area contributed by atoms with Crippen LogP contribution in [0.5, 0.6) is 0 Å². The maximum absolute atomic E-state index is 12.8. The number of carbonyl (C=O) groups is 2. The van der Waals surface area contributed by atoms with Gasteiger partial charge in [0, 0.05) is 26.1 Å². The standard InChI is InChI=1S/C23H29N3O5S/c1-18-7-5-8-19(17-18)26(32(2,29)30)12-6-11-22(27)24-21-10-4-3-9-20(21)23(28)25-13-15-31-16-14-25/h3-5,7-10,17H,6,11-16H2,1-2H3,(H,24,27). The summed E-state index contributed by atoms with van der Waals surface area (Å²) in [7, 11) is -3.48. The number of anilines is 2. The van der Waals surface area contributed by atoms with Gasteiger partial charge in [0.1, 0.15) is 0 Å². The summed E-state index contributed by atoms with van der Waals surface area (Å²) < 4.78 is 31.1. The fourth-order valence-corrected chi connectivity index (χ4v) is 4.54. The summed E-state index contributed by atoms with van der Waals surface area (Å²) in [6.45, 7) is 4.11. The highest BCUT2D eigenvalue weighted by Gasteiger charge is 2.22. The zero-order valence-corrected chi connectivity index (χ0v) is 19.2. The van der Waals surface area contributed by atoms with Crippen molar-refractivity contribution in [3.63, 3.8) is 0 Å². The molecule has 2 amide bonds. The van der Waals surface area contributed by atoms with Crippen LogP contribution in [-0.2, 0) is 19.6 Å². The highest BCUT2D eigenvalue weighted by Crippen LogP contribution is 2.21. The molecule has 172 valence electrons. The van der Waals surface area contributed by atoms with Crippen molar-refractivity contribution in [1.29, 1.82) is 0 Å². The second-order valence-corrected chi connectivity index (χ2v) is 9.68. The van der Waals surface area contributed by atoms with E-state index in [4.69, 9.17) is 4.74 Å². The second-order valence-electron chi connectivity index (χ2n) is 7.78. The van der Waals surface area contributed by atoms with Gasteiger partial charge in [-0.3, -0.25) is 13.9 Å². The van der Waals surface area contributed by atoms with Crippen molar-refractivity contribution in [1.82, 2.24) is 4.90 Å². The Hall–Kier alpha value is -2.91. The predicted molar refractivity (Wildman–Crippen MR) is 124 cm³/mol. The molecule has 0 atom stereocenters. The Balaban J connectivity index is 1.62. The molecule has 3 rings (SSSR count).